The first-order chi connectivity index (χ1) is 20.3. The van der Waals surface area contributed by atoms with Gasteiger partial charge in [-0.25, -0.2) is 4.68 Å². The van der Waals surface area contributed by atoms with Crippen LogP contribution in [0, 0.1) is 0 Å². The molecule has 208 valence electrons. The summed E-state index contributed by atoms with van der Waals surface area (Å²) < 4.78 is 1.67. The van der Waals surface area contributed by atoms with Gasteiger partial charge in [0.15, 0.2) is 5.69 Å². The first-order valence-electron chi connectivity index (χ1n) is 13.1. The van der Waals surface area contributed by atoms with Gasteiger partial charge in [-0.05, 0) is 79.1 Å². The number of aryl methyl sites for hydroxylation is 1. The standard InChI is InChI=1S/C32H23Cl2N5O3/c33-26-7-3-1-5-22(26)31(41)36-19-12-14-21(15-13-19)39-29-24(28(38-39)30(35)40)16-10-18-9-11-20(17-25(18)29)37-32(42)23-6-2-4-8-27(23)34/h1-9,11-15,17H,10,16H2,(H2,35,40)(H,36,41)(H,37,42). The molecule has 0 bridgehead atoms. The van der Waals surface area contributed by atoms with Gasteiger partial charge in [-0.2, -0.15) is 5.10 Å². The highest BCUT2D eigenvalue weighted by Crippen LogP contribution is 2.38. The minimum Gasteiger partial charge on any atom is -0.364 e. The van der Waals surface area contributed by atoms with Crippen LogP contribution in [0.4, 0.5) is 11.4 Å². The van der Waals surface area contributed by atoms with Crippen LogP contribution in [0.3, 0.4) is 0 Å². The van der Waals surface area contributed by atoms with Crippen molar-refractivity contribution in [1.82, 2.24) is 9.78 Å². The van der Waals surface area contributed by atoms with Gasteiger partial charge in [-0.1, -0.05) is 53.5 Å². The van der Waals surface area contributed by atoms with Crippen molar-refractivity contribution in [2.75, 3.05) is 10.6 Å². The highest BCUT2D eigenvalue weighted by atomic mass is 35.5. The molecule has 1 aliphatic carbocycles. The molecule has 0 unspecified atom stereocenters. The molecule has 1 heterocycles. The second kappa shape index (κ2) is 11.2. The third kappa shape index (κ3) is 5.13. The molecule has 0 aliphatic heterocycles. The maximum atomic E-state index is 12.9. The van der Waals surface area contributed by atoms with E-state index < -0.39 is 5.91 Å². The van der Waals surface area contributed by atoms with Crippen molar-refractivity contribution in [3.63, 3.8) is 0 Å². The summed E-state index contributed by atoms with van der Waals surface area (Å²) in [6.45, 7) is 0. The van der Waals surface area contributed by atoms with Gasteiger partial charge < -0.3 is 16.4 Å². The number of aromatic nitrogens is 2. The van der Waals surface area contributed by atoms with Crippen molar-refractivity contribution >= 4 is 52.3 Å². The quantitative estimate of drug-likeness (QED) is 0.206. The van der Waals surface area contributed by atoms with Crippen LogP contribution in [0.1, 0.15) is 42.3 Å². The highest BCUT2D eigenvalue weighted by molar-refractivity contribution is 6.35. The van der Waals surface area contributed by atoms with E-state index in [1.165, 1.54) is 0 Å². The lowest BCUT2D eigenvalue weighted by molar-refractivity contribution is 0.0991. The minimum absolute atomic E-state index is 0.192. The lowest BCUT2D eigenvalue weighted by Gasteiger charge is -2.20. The maximum absolute atomic E-state index is 12.9. The molecule has 1 aromatic heterocycles. The fourth-order valence-electron chi connectivity index (χ4n) is 5.07. The second-order valence-electron chi connectivity index (χ2n) is 9.74. The SMILES string of the molecule is NC(=O)c1nn(-c2ccc(NC(=O)c3ccccc3Cl)cc2)c2c1CCc1ccc(NC(=O)c3ccccc3Cl)cc1-2. The highest BCUT2D eigenvalue weighted by Gasteiger charge is 2.28. The summed E-state index contributed by atoms with van der Waals surface area (Å²) in [5.41, 5.74) is 11.7. The fourth-order valence-corrected chi connectivity index (χ4v) is 5.52. The van der Waals surface area contributed by atoms with Gasteiger partial charge in [-0.3, -0.25) is 14.4 Å². The molecular formula is C32H23Cl2N5O3. The molecule has 3 amide bonds. The van der Waals surface area contributed by atoms with Crippen molar-refractivity contribution in [3.8, 4) is 16.9 Å². The molecule has 0 saturated carbocycles. The smallest absolute Gasteiger partial charge is 0.269 e. The Morgan fingerprint density at radius 3 is 1.90 bits per heavy atom. The summed E-state index contributed by atoms with van der Waals surface area (Å²) in [7, 11) is 0. The van der Waals surface area contributed by atoms with E-state index in [1.54, 1.807) is 77.5 Å². The number of nitrogens with two attached hydrogens (primary N) is 1. The predicted octanol–water partition coefficient (Wildman–Crippen LogP) is 6.55. The van der Waals surface area contributed by atoms with E-state index in [9.17, 15) is 14.4 Å². The largest absolute Gasteiger partial charge is 0.364 e. The molecule has 42 heavy (non-hydrogen) atoms. The molecule has 4 aromatic carbocycles. The number of primary amides is 1. The maximum Gasteiger partial charge on any atom is 0.269 e. The Balaban J connectivity index is 1.35. The molecule has 1 aliphatic rings. The van der Waals surface area contributed by atoms with E-state index in [-0.39, 0.29) is 17.5 Å². The molecule has 0 spiro atoms. The Hall–Kier alpha value is -4.92. The first kappa shape index (κ1) is 27.3. The Bertz CT molecular complexity index is 1880. The van der Waals surface area contributed by atoms with Crippen LogP contribution in [0.2, 0.25) is 10.0 Å². The molecule has 0 fully saturated rings. The van der Waals surface area contributed by atoms with Crippen molar-refractivity contribution in [3.05, 3.63) is 129 Å². The molecule has 10 heteroatoms. The third-order valence-electron chi connectivity index (χ3n) is 7.09. The minimum atomic E-state index is -0.625. The number of hydrogen-bond donors (Lipinski definition) is 3. The van der Waals surface area contributed by atoms with E-state index in [2.05, 4.69) is 15.7 Å². The van der Waals surface area contributed by atoms with Crippen LogP contribution < -0.4 is 16.4 Å². The number of benzene rings is 4. The zero-order valence-corrected chi connectivity index (χ0v) is 23.5. The summed E-state index contributed by atoms with van der Waals surface area (Å²) in [5, 5.41) is 11.1. The van der Waals surface area contributed by atoms with E-state index in [4.69, 9.17) is 28.9 Å². The third-order valence-corrected chi connectivity index (χ3v) is 7.75. The van der Waals surface area contributed by atoms with Crippen LogP contribution in [-0.4, -0.2) is 27.5 Å². The van der Waals surface area contributed by atoms with E-state index in [0.29, 0.717) is 56.8 Å². The van der Waals surface area contributed by atoms with Crippen molar-refractivity contribution in [2.45, 2.75) is 12.8 Å². The second-order valence-corrected chi connectivity index (χ2v) is 10.6. The zero-order chi connectivity index (χ0) is 29.4. The molecule has 6 rings (SSSR count). The fraction of sp³-hybridized carbons (Fsp3) is 0.0625. The summed E-state index contributed by atoms with van der Waals surface area (Å²) in [5.74, 6) is -1.29. The van der Waals surface area contributed by atoms with Crippen LogP contribution in [0.15, 0.2) is 91.0 Å². The predicted molar refractivity (Wildman–Crippen MR) is 164 cm³/mol. The number of nitrogens with zero attached hydrogens (tertiary/aromatic N) is 2. The van der Waals surface area contributed by atoms with Gasteiger partial charge in [-0.15, -0.1) is 0 Å². The topological polar surface area (TPSA) is 119 Å². The van der Waals surface area contributed by atoms with Gasteiger partial charge in [0, 0.05) is 22.5 Å². The molecule has 8 nitrogen and oxygen atoms in total. The summed E-state index contributed by atoms with van der Waals surface area (Å²) >= 11 is 12.4. The van der Waals surface area contributed by atoms with Gasteiger partial charge in [0.25, 0.3) is 17.7 Å². The summed E-state index contributed by atoms with van der Waals surface area (Å²) in [6, 6.07) is 26.3. The van der Waals surface area contributed by atoms with Gasteiger partial charge in [0.1, 0.15) is 0 Å². The van der Waals surface area contributed by atoms with Crippen LogP contribution in [-0.2, 0) is 12.8 Å². The number of amides is 3. The number of hydrogen-bond acceptors (Lipinski definition) is 4. The molecule has 5 aromatic rings. The Morgan fingerprint density at radius 1 is 0.738 bits per heavy atom. The van der Waals surface area contributed by atoms with Crippen LogP contribution in [0.5, 0.6) is 0 Å². The summed E-state index contributed by atoms with van der Waals surface area (Å²) in [4.78, 5) is 38.0. The number of fused-ring (bicyclic) bond motifs is 3. The Morgan fingerprint density at radius 2 is 1.31 bits per heavy atom. The lowest BCUT2D eigenvalue weighted by atomic mass is 9.88. The number of anilines is 2. The number of rotatable bonds is 6. The molecule has 4 N–H and O–H groups in total. The van der Waals surface area contributed by atoms with Gasteiger partial charge >= 0.3 is 0 Å². The lowest BCUT2D eigenvalue weighted by Crippen LogP contribution is -2.15. The van der Waals surface area contributed by atoms with Gasteiger partial charge in [0.05, 0.1) is 32.6 Å². The number of carbonyl (C=O) groups is 3. The summed E-state index contributed by atoms with van der Waals surface area (Å²) in [6.07, 6.45) is 1.26. The van der Waals surface area contributed by atoms with E-state index in [1.807, 2.05) is 18.2 Å². The molecule has 0 atom stereocenters. The molecular weight excluding hydrogens is 573 g/mol. The number of halogens is 2. The van der Waals surface area contributed by atoms with Crippen molar-refractivity contribution in [1.29, 1.82) is 0 Å². The van der Waals surface area contributed by atoms with Crippen LogP contribution >= 0.6 is 23.2 Å². The van der Waals surface area contributed by atoms with E-state index >= 15 is 0 Å². The van der Waals surface area contributed by atoms with Crippen molar-refractivity contribution in [2.24, 2.45) is 5.73 Å². The van der Waals surface area contributed by atoms with E-state index in [0.717, 1.165) is 16.7 Å². The van der Waals surface area contributed by atoms with Crippen molar-refractivity contribution < 1.29 is 14.4 Å². The molecule has 0 radical (unpaired) electrons. The zero-order valence-electron chi connectivity index (χ0n) is 22.0. The normalized spacial score (nSPS) is 11.8. The van der Waals surface area contributed by atoms with Gasteiger partial charge in [0.2, 0.25) is 0 Å². The monoisotopic (exact) mass is 595 g/mol. The van der Waals surface area contributed by atoms with Crippen LogP contribution in [0.25, 0.3) is 16.9 Å². The Labute approximate surface area is 251 Å². The number of carbonyl (C=O) groups excluding carboxylic acids is 3. The Kier molecular flexibility index (Phi) is 7.24. The first-order valence-corrected chi connectivity index (χ1v) is 13.8. The average molecular weight is 596 g/mol. The average Bonchev–Trinajstić information content (AvgIpc) is 3.39. The molecule has 0 saturated heterocycles. The number of nitrogens with one attached hydrogen (secondary N) is 2.